The van der Waals surface area contributed by atoms with Crippen molar-refractivity contribution in [2.45, 2.75) is 64.1 Å². The molecular weight excluding hydrogens is 212 g/mol. The predicted molar refractivity (Wildman–Crippen MR) is 71.1 cm³/mol. The molecule has 17 heavy (non-hydrogen) atoms. The second kappa shape index (κ2) is 6.17. The molecule has 0 spiro atoms. The van der Waals surface area contributed by atoms with Crippen LogP contribution in [0.25, 0.3) is 0 Å². The van der Waals surface area contributed by atoms with Crippen molar-refractivity contribution in [2.75, 3.05) is 19.6 Å². The van der Waals surface area contributed by atoms with Crippen LogP contribution in [-0.2, 0) is 0 Å². The maximum absolute atomic E-state index is 10.1. The molecule has 0 bridgehead atoms. The average molecular weight is 240 g/mol. The topological polar surface area (TPSA) is 35.5 Å². The van der Waals surface area contributed by atoms with E-state index in [4.69, 9.17) is 0 Å². The summed E-state index contributed by atoms with van der Waals surface area (Å²) in [6.07, 6.45) is 6.44. The van der Waals surface area contributed by atoms with Crippen LogP contribution in [0.1, 0.15) is 46.0 Å². The minimum absolute atomic E-state index is 0.169. The summed E-state index contributed by atoms with van der Waals surface area (Å²) < 4.78 is 0. The minimum Gasteiger partial charge on any atom is -0.392 e. The van der Waals surface area contributed by atoms with Gasteiger partial charge in [-0.3, -0.25) is 4.90 Å². The maximum atomic E-state index is 10.1. The van der Waals surface area contributed by atoms with Crippen LogP contribution in [0.15, 0.2) is 0 Å². The highest BCUT2D eigenvalue weighted by Crippen LogP contribution is 2.24. The second-order valence-corrected chi connectivity index (χ2v) is 6.07. The smallest absolute Gasteiger partial charge is 0.0690 e. The summed E-state index contributed by atoms with van der Waals surface area (Å²) in [5.41, 5.74) is 0. The zero-order valence-corrected chi connectivity index (χ0v) is 11.4. The van der Waals surface area contributed by atoms with Crippen molar-refractivity contribution < 1.29 is 5.11 Å². The Morgan fingerprint density at radius 1 is 1.24 bits per heavy atom. The number of likely N-dealkylation sites (tertiary alicyclic amines) is 1. The van der Waals surface area contributed by atoms with Crippen molar-refractivity contribution >= 4 is 0 Å². The molecule has 2 aliphatic heterocycles. The second-order valence-electron chi connectivity index (χ2n) is 6.07. The van der Waals surface area contributed by atoms with Crippen LogP contribution in [0.5, 0.6) is 0 Å². The summed E-state index contributed by atoms with van der Waals surface area (Å²) in [6.45, 7) is 7.43. The fourth-order valence-electron chi connectivity index (χ4n) is 3.19. The van der Waals surface area contributed by atoms with Gasteiger partial charge in [-0.2, -0.15) is 0 Å². The summed E-state index contributed by atoms with van der Waals surface area (Å²) in [7, 11) is 0. The molecule has 2 rings (SSSR count). The molecule has 2 N–H and O–H groups in total. The third kappa shape index (κ3) is 3.43. The first-order chi connectivity index (χ1) is 8.18. The molecule has 2 aliphatic rings. The molecule has 3 heteroatoms. The normalized spacial score (nSPS) is 33.2. The number of piperidine rings is 1. The number of β-amino-alcohol motifs (C(OH)–C–C–N with tert-alkyl or cyclic N) is 1. The molecule has 0 radical (unpaired) electrons. The van der Waals surface area contributed by atoms with Crippen LogP contribution >= 0.6 is 0 Å². The molecule has 3 atom stereocenters. The van der Waals surface area contributed by atoms with Crippen molar-refractivity contribution in [2.24, 2.45) is 5.92 Å². The van der Waals surface area contributed by atoms with E-state index in [1.54, 1.807) is 0 Å². The van der Waals surface area contributed by atoms with Crippen LogP contribution in [0.3, 0.4) is 0 Å². The Kier molecular flexibility index (Phi) is 4.83. The van der Waals surface area contributed by atoms with Gasteiger partial charge < -0.3 is 10.4 Å². The largest absolute Gasteiger partial charge is 0.392 e. The van der Waals surface area contributed by atoms with E-state index in [0.29, 0.717) is 18.0 Å². The van der Waals surface area contributed by atoms with Gasteiger partial charge in [-0.05, 0) is 44.7 Å². The molecule has 2 fully saturated rings. The molecule has 0 aliphatic carbocycles. The van der Waals surface area contributed by atoms with Crippen LogP contribution in [-0.4, -0.2) is 47.8 Å². The van der Waals surface area contributed by atoms with E-state index in [-0.39, 0.29) is 6.10 Å². The van der Waals surface area contributed by atoms with Gasteiger partial charge in [0.05, 0.1) is 6.10 Å². The maximum Gasteiger partial charge on any atom is 0.0690 e. The fraction of sp³-hybridized carbons (Fsp3) is 1.00. The van der Waals surface area contributed by atoms with Gasteiger partial charge in [0.15, 0.2) is 0 Å². The Morgan fingerprint density at radius 3 is 2.71 bits per heavy atom. The van der Waals surface area contributed by atoms with E-state index in [9.17, 15) is 5.11 Å². The van der Waals surface area contributed by atoms with Crippen LogP contribution in [0, 0.1) is 5.92 Å². The highest BCUT2D eigenvalue weighted by molar-refractivity contribution is 4.91. The number of hydrogen-bond acceptors (Lipinski definition) is 3. The molecule has 3 nitrogen and oxygen atoms in total. The quantitative estimate of drug-likeness (QED) is 0.783. The number of rotatable bonds is 4. The summed E-state index contributed by atoms with van der Waals surface area (Å²) in [5.74, 6) is 0.370. The van der Waals surface area contributed by atoms with Gasteiger partial charge in [0.25, 0.3) is 0 Å². The molecule has 0 amide bonds. The summed E-state index contributed by atoms with van der Waals surface area (Å²) in [6, 6.07) is 1.34. The van der Waals surface area contributed by atoms with Gasteiger partial charge in [0.2, 0.25) is 0 Å². The lowest BCUT2D eigenvalue weighted by atomic mass is 9.93. The Balaban J connectivity index is 1.91. The Hall–Kier alpha value is -0.120. The van der Waals surface area contributed by atoms with Gasteiger partial charge in [-0.25, -0.2) is 0 Å². The molecule has 100 valence electrons. The molecule has 0 aromatic rings. The Morgan fingerprint density at radius 2 is 2.06 bits per heavy atom. The molecular formula is C14H28N2O. The molecule has 2 heterocycles. The van der Waals surface area contributed by atoms with Crippen LogP contribution in [0.2, 0.25) is 0 Å². The van der Waals surface area contributed by atoms with Gasteiger partial charge in [-0.15, -0.1) is 0 Å². The highest BCUT2D eigenvalue weighted by atomic mass is 16.3. The van der Waals surface area contributed by atoms with Crippen molar-refractivity contribution in [3.05, 3.63) is 0 Å². The SMILES string of the molecule is CC(C)C(O)CN1CCCCC1C1CCCN1. The highest BCUT2D eigenvalue weighted by Gasteiger charge is 2.32. The summed E-state index contributed by atoms with van der Waals surface area (Å²) in [4.78, 5) is 2.54. The van der Waals surface area contributed by atoms with E-state index in [1.807, 2.05) is 0 Å². The summed E-state index contributed by atoms with van der Waals surface area (Å²) in [5, 5.41) is 13.7. The van der Waals surface area contributed by atoms with Crippen molar-refractivity contribution in [3.8, 4) is 0 Å². The number of nitrogens with zero attached hydrogens (tertiary/aromatic N) is 1. The standard InChI is InChI=1S/C14H28N2O/c1-11(2)14(17)10-16-9-4-3-7-13(16)12-6-5-8-15-12/h11-15,17H,3-10H2,1-2H3. The molecule has 2 saturated heterocycles. The first-order valence-electron chi connectivity index (χ1n) is 7.34. The summed E-state index contributed by atoms with van der Waals surface area (Å²) >= 11 is 0. The van der Waals surface area contributed by atoms with Gasteiger partial charge in [-0.1, -0.05) is 20.3 Å². The lowest BCUT2D eigenvalue weighted by Gasteiger charge is -2.40. The fourth-order valence-corrected chi connectivity index (χ4v) is 3.19. The third-order valence-electron chi connectivity index (χ3n) is 4.42. The third-order valence-corrected chi connectivity index (χ3v) is 4.42. The number of aliphatic hydroxyl groups excluding tert-OH is 1. The lowest BCUT2D eigenvalue weighted by molar-refractivity contribution is 0.0336. The van der Waals surface area contributed by atoms with Crippen molar-refractivity contribution in [1.82, 2.24) is 10.2 Å². The molecule has 3 unspecified atom stereocenters. The van der Waals surface area contributed by atoms with E-state index < -0.39 is 0 Å². The van der Waals surface area contributed by atoms with Crippen molar-refractivity contribution in [3.63, 3.8) is 0 Å². The monoisotopic (exact) mass is 240 g/mol. The Labute approximate surface area is 106 Å². The minimum atomic E-state index is -0.169. The number of nitrogens with one attached hydrogen (secondary N) is 1. The van der Waals surface area contributed by atoms with E-state index in [2.05, 4.69) is 24.1 Å². The zero-order chi connectivity index (χ0) is 12.3. The molecule has 0 aromatic carbocycles. The van der Waals surface area contributed by atoms with Gasteiger partial charge in [0, 0.05) is 18.6 Å². The predicted octanol–water partition coefficient (Wildman–Crippen LogP) is 1.61. The number of aliphatic hydroxyl groups is 1. The Bertz CT molecular complexity index is 226. The van der Waals surface area contributed by atoms with Gasteiger partial charge in [0.1, 0.15) is 0 Å². The van der Waals surface area contributed by atoms with Crippen LogP contribution in [0.4, 0.5) is 0 Å². The number of hydrogen-bond donors (Lipinski definition) is 2. The first-order valence-corrected chi connectivity index (χ1v) is 7.34. The van der Waals surface area contributed by atoms with E-state index in [1.165, 1.54) is 45.2 Å². The molecule has 0 saturated carbocycles. The lowest BCUT2D eigenvalue weighted by Crippen LogP contribution is -2.52. The van der Waals surface area contributed by atoms with Crippen LogP contribution < -0.4 is 5.32 Å². The van der Waals surface area contributed by atoms with Crippen molar-refractivity contribution in [1.29, 1.82) is 0 Å². The van der Waals surface area contributed by atoms with E-state index in [0.717, 1.165) is 6.54 Å². The first kappa shape index (κ1) is 13.3. The molecule has 0 aromatic heterocycles. The van der Waals surface area contributed by atoms with E-state index >= 15 is 0 Å². The zero-order valence-electron chi connectivity index (χ0n) is 11.4. The average Bonchev–Trinajstić information content (AvgIpc) is 2.83. The van der Waals surface area contributed by atoms with Gasteiger partial charge >= 0.3 is 0 Å².